The smallest absolute Gasteiger partial charge is 0.289 e. The number of nitrogens with zero attached hydrogens (tertiary/aromatic N) is 3. The molecule has 1 fully saturated rings. The Bertz CT molecular complexity index is 1370. The highest BCUT2D eigenvalue weighted by Crippen LogP contribution is 2.44. The van der Waals surface area contributed by atoms with Gasteiger partial charge in [-0.05, 0) is 29.8 Å². The molecule has 0 saturated carbocycles. The number of amides is 2. The summed E-state index contributed by atoms with van der Waals surface area (Å²) < 4.78 is 5.30. The SMILES string of the molecule is CN1C(=O)c2ccccc2C(CN2CCN(C(=O)c3ccco3)CC2)C1c1c[nH]c2ccccc12. The Morgan fingerprint density at radius 3 is 2.54 bits per heavy atom. The van der Waals surface area contributed by atoms with Crippen LogP contribution in [0.15, 0.2) is 77.5 Å². The number of furan rings is 1. The molecule has 2 unspecified atom stereocenters. The van der Waals surface area contributed by atoms with Crippen molar-refractivity contribution in [2.45, 2.75) is 12.0 Å². The molecule has 0 spiro atoms. The molecule has 6 rings (SSSR count). The summed E-state index contributed by atoms with van der Waals surface area (Å²) in [5.41, 5.74) is 4.09. The van der Waals surface area contributed by atoms with E-state index in [9.17, 15) is 9.59 Å². The van der Waals surface area contributed by atoms with Crippen LogP contribution in [0.4, 0.5) is 0 Å². The summed E-state index contributed by atoms with van der Waals surface area (Å²) in [7, 11) is 1.91. The molecule has 7 heteroatoms. The van der Waals surface area contributed by atoms with Crippen molar-refractivity contribution in [3.63, 3.8) is 0 Å². The highest BCUT2D eigenvalue weighted by molar-refractivity contribution is 5.98. The molecule has 1 N–H and O–H groups in total. The molecule has 7 nitrogen and oxygen atoms in total. The number of aromatic amines is 1. The molecule has 0 radical (unpaired) electrons. The second-order valence-corrected chi connectivity index (χ2v) is 9.41. The van der Waals surface area contributed by atoms with E-state index >= 15 is 0 Å². The van der Waals surface area contributed by atoms with Gasteiger partial charge in [-0.1, -0.05) is 36.4 Å². The average Bonchev–Trinajstić information content (AvgIpc) is 3.58. The number of hydrogen-bond donors (Lipinski definition) is 1. The Morgan fingerprint density at radius 2 is 1.74 bits per heavy atom. The van der Waals surface area contributed by atoms with Crippen LogP contribution in [0.5, 0.6) is 0 Å². The van der Waals surface area contributed by atoms with Crippen LogP contribution in [0.2, 0.25) is 0 Å². The molecule has 2 amide bonds. The van der Waals surface area contributed by atoms with E-state index in [1.54, 1.807) is 12.1 Å². The molecule has 2 aliphatic heterocycles. The van der Waals surface area contributed by atoms with Gasteiger partial charge in [0.05, 0.1) is 12.3 Å². The molecule has 2 aromatic carbocycles. The Kier molecular flexibility index (Phi) is 5.41. The molecule has 2 aromatic heterocycles. The zero-order chi connectivity index (χ0) is 23.9. The molecule has 2 aliphatic rings. The first-order valence-corrected chi connectivity index (χ1v) is 12.1. The first-order chi connectivity index (χ1) is 17.1. The van der Waals surface area contributed by atoms with Crippen molar-refractivity contribution in [2.75, 3.05) is 39.8 Å². The maximum absolute atomic E-state index is 13.4. The summed E-state index contributed by atoms with van der Waals surface area (Å²) in [6, 6.07) is 19.6. The summed E-state index contributed by atoms with van der Waals surface area (Å²) in [4.78, 5) is 35.6. The van der Waals surface area contributed by atoms with Gasteiger partial charge < -0.3 is 19.2 Å². The van der Waals surface area contributed by atoms with Crippen LogP contribution in [-0.4, -0.2) is 71.3 Å². The van der Waals surface area contributed by atoms with Crippen LogP contribution in [0.3, 0.4) is 0 Å². The van der Waals surface area contributed by atoms with E-state index in [0.717, 1.165) is 47.2 Å². The van der Waals surface area contributed by atoms with Crippen molar-refractivity contribution in [3.05, 3.63) is 95.6 Å². The number of piperazine rings is 1. The van der Waals surface area contributed by atoms with Gasteiger partial charge in [0.15, 0.2) is 5.76 Å². The highest BCUT2D eigenvalue weighted by atomic mass is 16.3. The number of benzene rings is 2. The number of hydrogen-bond acceptors (Lipinski definition) is 4. The second kappa shape index (κ2) is 8.74. The molecule has 2 atom stereocenters. The number of fused-ring (bicyclic) bond motifs is 2. The van der Waals surface area contributed by atoms with Crippen LogP contribution in [0.25, 0.3) is 10.9 Å². The van der Waals surface area contributed by atoms with Crippen molar-refractivity contribution in [3.8, 4) is 0 Å². The molecular formula is C28H28N4O3. The van der Waals surface area contributed by atoms with Crippen molar-refractivity contribution >= 4 is 22.7 Å². The predicted octanol–water partition coefficient (Wildman–Crippen LogP) is 4.13. The fourth-order valence-corrected chi connectivity index (χ4v) is 5.70. The average molecular weight is 469 g/mol. The van der Waals surface area contributed by atoms with Crippen molar-refractivity contribution in [1.82, 2.24) is 19.7 Å². The lowest BCUT2D eigenvalue weighted by Gasteiger charge is -2.43. The Hall–Kier alpha value is -3.84. The number of likely N-dealkylation sites (N-methyl/N-ethyl adjacent to an activating group) is 1. The van der Waals surface area contributed by atoms with Crippen LogP contribution in [0, 0.1) is 0 Å². The normalized spacial score (nSPS) is 20.9. The predicted molar refractivity (Wildman–Crippen MR) is 133 cm³/mol. The molecule has 0 bridgehead atoms. The number of carbonyl (C=O) groups is 2. The summed E-state index contributed by atoms with van der Waals surface area (Å²) >= 11 is 0. The summed E-state index contributed by atoms with van der Waals surface area (Å²) in [6.45, 7) is 3.68. The largest absolute Gasteiger partial charge is 0.459 e. The molecule has 35 heavy (non-hydrogen) atoms. The topological polar surface area (TPSA) is 72.8 Å². The number of H-pyrrole nitrogens is 1. The van der Waals surface area contributed by atoms with Gasteiger partial charge in [0.25, 0.3) is 11.8 Å². The number of rotatable bonds is 4. The minimum Gasteiger partial charge on any atom is -0.459 e. The van der Waals surface area contributed by atoms with Gasteiger partial charge in [0.2, 0.25) is 0 Å². The minimum atomic E-state index is -0.0867. The monoisotopic (exact) mass is 468 g/mol. The van der Waals surface area contributed by atoms with E-state index < -0.39 is 0 Å². The zero-order valence-electron chi connectivity index (χ0n) is 19.7. The lowest BCUT2D eigenvalue weighted by Crippen LogP contribution is -2.51. The number of carbonyl (C=O) groups excluding carboxylic acids is 2. The fraction of sp³-hybridized carbons (Fsp3) is 0.286. The van der Waals surface area contributed by atoms with Gasteiger partial charge in [-0.3, -0.25) is 14.5 Å². The molecule has 4 heterocycles. The summed E-state index contributed by atoms with van der Waals surface area (Å²) in [6.07, 6.45) is 3.59. The highest BCUT2D eigenvalue weighted by Gasteiger charge is 2.40. The molecule has 0 aliphatic carbocycles. The minimum absolute atomic E-state index is 0.0559. The third kappa shape index (κ3) is 3.72. The number of para-hydroxylation sites is 1. The van der Waals surface area contributed by atoms with Gasteiger partial charge in [-0.15, -0.1) is 0 Å². The first kappa shape index (κ1) is 21.7. The molecule has 4 aromatic rings. The Labute approximate surface area is 203 Å². The fourth-order valence-electron chi connectivity index (χ4n) is 5.70. The van der Waals surface area contributed by atoms with Gasteiger partial charge >= 0.3 is 0 Å². The first-order valence-electron chi connectivity index (χ1n) is 12.1. The van der Waals surface area contributed by atoms with E-state index in [-0.39, 0.29) is 23.8 Å². The van der Waals surface area contributed by atoms with Gasteiger partial charge in [-0.2, -0.15) is 0 Å². The molecule has 1 saturated heterocycles. The summed E-state index contributed by atoms with van der Waals surface area (Å²) in [5.74, 6) is 0.500. The lowest BCUT2D eigenvalue weighted by atomic mass is 9.79. The maximum atomic E-state index is 13.4. The second-order valence-electron chi connectivity index (χ2n) is 9.41. The van der Waals surface area contributed by atoms with E-state index in [1.165, 1.54) is 6.26 Å². The number of aromatic nitrogens is 1. The third-order valence-corrected chi connectivity index (χ3v) is 7.50. The van der Waals surface area contributed by atoms with E-state index in [1.807, 2.05) is 47.2 Å². The third-order valence-electron chi connectivity index (χ3n) is 7.50. The van der Waals surface area contributed by atoms with Crippen LogP contribution in [0.1, 0.15) is 44.0 Å². The van der Waals surface area contributed by atoms with Gasteiger partial charge in [0.1, 0.15) is 0 Å². The van der Waals surface area contributed by atoms with E-state index in [2.05, 4.69) is 34.3 Å². The van der Waals surface area contributed by atoms with E-state index in [4.69, 9.17) is 4.42 Å². The number of nitrogens with one attached hydrogen (secondary N) is 1. The van der Waals surface area contributed by atoms with Crippen molar-refractivity contribution in [2.24, 2.45) is 0 Å². The van der Waals surface area contributed by atoms with Crippen LogP contribution in [-0.2, 0) is 0 Å². The molecule has 178 valence electrons. The summed E-state index contributed by atoms with van der Waals surface area (Å²) in [5, 5.41) is 1.15. The zero-order valence-corrected chi connectivity index (χ0v) is 19.7. The molecular weight excluding hydrogens is 440 g/mol. The standard InChI is InChI=1S/C28H28N4O3/c1-30-26(22-17-29-24-10-5-4-8-20(22)24)23(19-7-2-3-9-21(19)27(30)33)18-31-12-14-32(15-13-31)28(34)25-11-6-16-35-25/h2-11,16-17,23,26,29H,12-15,18H2,1H3. The van der Waals surface area contributed by atoms with Gasteiger partial charge in [-0.25, -0.2) is 0 Å². The maximum Gasteiger partial charge on any atom is 0.289 e. The van der Waals surface area contributed by atoms with Crippen LogP contribution < -0.4 is 0 Å². The quantitative estimate of drug-likeness (QED) is 0.489. The van der Waals surface area contributed by atoms with E-state index in [0.29, 0.717) is 18.8 Å². The van der Waals surface area contributed by atoms with Gasteiger partial charge in [0, 0.05) is 73.9 Å². The Morgan fingerprint density at radius 1 is 0.971 bits per heavy atom. The van der Waals surface area contributed by atoms with Crippen LogP contribution >= 0.6 is 0 Å². The lowest BCUT2D eigenvalue weighted by molar-refractivity contribution is 0.0533. The van der Waals surface area contributed by atoms with Crippen molar-refractivity contribution < 1.29 is 14.0 Å². The Balaban J connectivity index is 1.30. The van der Waals surface area contributed by atoms with Crippen molar-refractivity contribution in [1.29, 1.82) is 0 Å².